The predicted octanol–water partition coefficient (Wildman–Crippen LogP) is 1.66. The Labute approximate surface area is 87.2 Å². The van der Waals surface area contributed by atoms with Gasteiger partial charge in [0.25, 0.3) is 0 Å². The van der Waals surface area contributed by atoms with Crippen molar-refractivity contribution in [2.75, 3.05) is 0 Å². The largest absolute Gasteiger partial charge is 0.481 e. The molecule has 0 saturated carbocycles. The van der Waals surface area contributed by atoms with E-state index >= 15 is 0 Å². The smallest absolute Gasteiger partial charge is 0.303 e. The average Bonchev–Trinajstić information content (AvgIpc) is 2.55. The highest BCUT2D eigenvalue weighted by Gasteiger charge is 2.04. The molecule has 0 aliphatic rings. The highest BCUT2D eigenvalue weighted by atomic mass is 16.4. The van der Waals surface area contributed by atoms with E-state index in [1.807, 2.05) is 31.2 Å². The minimum Gasteiger partial charge on any atom is -0.481 e. The first-order chi connectivity index (χ1) is 7.16. The topological polar surface area (TPSA) is 54.6 Å². The Bertz CT molecular complexity index is 502. The van der Waals surface area contributed by atoms with Crippen LogP contribution in [0.15, 0.2) is 24.3 Å². The summed E-state index contributed by atoms with van der Waals surface area (Å²) in [6.07, 6.45) is 0.645. The van der Waals surface area contributed by atoms with Gasteiger partial charge in [0.15, 0.2) is 0 Å². The van der Waals surface area contributed by atoms with Crippen LogP contribution < -0.4 is 0 Å². The lowest BCUT2D eigenvalue weighted by Gasteiger charge is -2.02. The van der Waals surface area contributed by atoms with Crippen LogP contribution in [0, 0.1) is 6.92 Å². The van der Waals surface area contributed by atoms with Crippen LogP contribution in [0.25, 0.3) is 5.52 Å². The molecule has 2 heterocycles. The van der Waals surface area contributed by atoms with E-state index in [1.165, 1.54) is 0 Å². The molecule has 0 aliphatic heterocycles. The van der Waals surface area contributed by atoms with E-state index < -0.39 is 5.97 Å². The summed E-state index contributed by atoms with van der Waals surface area (Å²) in [4.78, 5) is 10.5. The van der Waals surface area contributed by atoms with E-state index in [9.17, 15) is 4.79 Å². The summed E-state index contributed by atoms with van der Waals surface area (Å²) in [6.45, 7) is 1.92. The van der Waals surface area contributed by atoms with Crippen LogP contribution in [0.3, 0.4) is 0 Å². The van der Waals surface area contributed by atoms with Crippen LogP contribution in [0.4, 0.5) is 0 Å². The second kappa shape index (κ2) is 3.73. The number of carbonyl (C=O) groups is 1. The third-order valence-electron chi connectivity index (χ3n) is 2.28. The number of fused-ring (bicyclic) bond motifs is 1. The summed E-state index contributed by atoms with van der Waals surface area (Å²) in [7, 11) is 0. The monoisotopic (exact) mass is 204 g/mol. The fourth-order valence-electron chi connectivity index (χ4n) is 1.62. The van der Waals surface area contributed by atoms with Gasteiger partial charge in [-0.05, 0) is 25.1 Å². The van der Waals surface area contributed by atoms with Gasteiger partial charge >= 0.3 is 5.97 Å². The van der Waals surface area contributed by atoms with E-state index in [4.69, 9.17) is 5.11 Å². The number of carboxylic acid groups (broad SMARTS) is 1. The van der Waals surface area contributed by atoms with Gasteiger partial charge < -0.3 is 5.11 Å². The number of nitrogens with zero attached hydrogens (tertiary/aromatic N) is 2. The van der Waals surface area contributed by atoms with Gasteiger partial charge in [-0.25, -0.2) is 4.52 Å². The van der Waals surface area contributed by atoms with Gasteiger partial charge in [-0.15, -0.1) is 0 Å². The van der Waals surface area contributed by atoms with Crippen molar-refractivity contribution in [3.63, 3.8) is 0 Å². The molecule has 0 atom stereocenters. The van der Waals surface area contributed by atoms with Gasteiger partial charge in [-0.2, -0.15) is 5.10 Å². The summed E-state index contributed by atoms with van der Waals surface area (Å²) in [5.74, 6) is -0.782. The SMILES string of the molecule is Cc1cc2cccc(CCC(=O)O)n2n1. The Morgan fingerprint density at radius 2 is 2.33 bits per heavy atom. The van der Waals surface area contributed by atoms with Crippen LogP contribution in [0.1, 0.15) is 17.8 Å². The van der Waals surface area contributed by atoms with E-state index in [1.54, 1.807) is 4.52 Å². The van der Waals surface area contributed by atoms with Crippen molar-refractivity contribution < 1.29 is 9.90 Å². The summed E-state index contributed by atoms with van der Waals surface area (Å²) >= 11 is 0. The van der Waals surface area contributed by atoms with E-state index in [2.05, 4.69) is 5.10 Å². The molecule has 1 N–H and O–H groups in total. The van der Waals surface area contributed by atoms with Crippen molar-refractivity contribution in [2.24, 2.45) is 0 Å². The molecule has 4 nitrogen and oxygen atoms in total. The number of aromatic nitrogens is 2. The summed E-state index contributed by atoms with van der Waals surface area (Å²) in [5, 5.41) is 12.9. The standard InChI is InChI=1S/C11H12N2O2/c1-8-7-10-4-2-3-9(13(10)12-8)5-6-11(14)15/h2-4,7H,5-6H2,1H3,(H,14,15). The molecule has 2 aromatic heterocycles. The van der Waals surface area contributed by atoms with Crippen LogP contribution in [0.2, 0.25) is 0 Å². The quantitative estimate of drug-likeness (QED) is 0.827. The maximum Gasteiger partial charge on any atom is 0.303 e. The molecular formula is C11H12N2O2. The number of hydrogen-bond donors (Lipinski definition) is 1. The normalized spacial score (nSPS) is 10.7. The van der Waals surface area contributed by atoms with E-state index in [0.29, 0.717) is 6.42 Å². The van der Waals surface area contributed by atoms with Gasteiger partial charge in [-0.3, -0.25) is 4.79 Å². The maximum atomic E-state index is 10.5. The number of pyridine rings is 1. The average molecular weight is 204 g/mol. The molecule has 2 rings (SSSR count). The Kier molecular flexibility index (Phi) is 2.41. The van der Waals surface area contributed by atoms with Crippen molar-refractivity contribution in [3.05, 3.63) is 35.7 Å². The summed E-state index contributed by atoms with van der Waals surface area (Å²) in [6, 6.07) is 7.77. The fourth-order valence-corrected chi connectivity index (χ4v) is 1.62. The Hall–Kier alpha value is -1.84. The Morgan fingerprint density at radius 1 is 1.53 bits per heavy atom. The van der Waals surface area contributed by atoms with Crippen LogP contribution in [-0.4, -0.2) is 20.7 Å². The minimum absolute atomic E-state index is 0.137. The van der Waals surface area contributed by atoms with Crippen molar-refractivity contribution in [1.82, 2.24) is 9.61 Å². The van der Waals surface area contributed by atoms with E-state index in [0.717, 1.165) is 16.9 Å². The third kappa shape index (κ3) is 1.98. The zero-order chi connectivity index (χ0) is 10.8. The van der Waals surface area contributed by atoms with Gasteiger partial charge in [0, 0.05) is 12.1 Å². The third-order valence-corrected chi connectivity index (χ3v) is 2.28. The number of rotatable bonds is 3. The minimum atomic E-state index is -0.782. The number of carboxylic acids is 1. The second-order valence-electron chi connectivity index (χ2n) is 3.53. The zero-order valence-corrected chi connectivity index (χ0v) is 8.47. The van der Waals surface area contributed by atoms with Gasteiger partial charge in [0.1, 0.15) is 0 Å². The molecule has 0 radical (unpaired) electrons. The fraction of sp³-hybridized carbons (Fsp3) is 0.273. The summed E-state index contributed by atoms with van der Waals surface area (Å²) in [5.41, 5.74) is 2.89. The molecule has 0 amide bonds. The second-order valence-corrected chi connectivity index (χ2v) is 3.53. The zero-order valence-electron chi connectivity index (χ0n) is 8.47. The number of aryl methyl sites for hydroxylation is 2. The molecule has 0 bridgehead atoms. The first-order valence-corrected chi connectivity index (χ1v) is 4.83. The lowest BCUT2D eigenvalue weighted by atomic mass is 10.2. The van der Waals surface area contributed by atoms with Crippen molar-refractivity contribution >= 4 is 11.5 Å². The van der Waals surface area contributed by atoms with E-state index in [-0.39, 0.29) is 6.42 Å². The van der Waals surface area contributed by atoms with Gasteiger partial charge in [0.05, 0.1) is 17.6 Å². The summed E-state index contributed by atoms with van der Waals surface area (Å²) < 4.78 is 1.80. The Balaban J connectivity index is 2.37. The van der Waals surface area contributed by atoms with Crippen molar-refractivity contribution in [2.45, 2.75) is 19.8 Å². The molecule has 0 aliphatic carbocycles. The molecule has 0 unspecified atom stereocenters. The first-order valence-electron chi connectivity index (χ1n) is 4.83. The van der Waals surface area contributed by atoms with Crippen LogP contribution in [0.5, 0.6) is 0 Å². The first kappa shape index (κ1) is 9.71. The van der Waals surface area contributed by atoms with Crippen molar-refractivity contribution in [1.29, 1.82) is 0 Å². The lowest BCUT2D eigenvalue weighted by Crippen LogP contribution is -2.03. The molecule has 78 valence electrons. The molecular weight excluding hydrogens is 192 g/mol. The molecule has 2 aromatic rings. The molecule has 0 fully saturated rings. The maximum absolute atomic E-state index is 10.5. The highest BCUT2D eigenvalue weighted by molar-refractivity contribution is 5.67. The molecule has 0 aromatic carbocycles. The highest BCUT2D eigenvalue weighted by Crippen LogP contribution is 2.10. The molecule has 0 saturated heterocycles. The van der Waals surface area contributed by atoms with Gasteiger partial charge in [0.2, 0.25) is 0 Å². The molecule has 15 heavy (non-hydrogen) atoms. The molecule has 4 heteroatoms. The molecule has 0 spiro atoms. The Morgan fingerprint density at radius 3 is 3.07 bits per heavy atom. The number of aliphatic carboxylic acids is 1. The van der Waals surface area contributed by atoms with Crippen LogP contribution >= 0.6 is 0 Å². The van der Waals surface area contributed by atoms with Crippen molar-refractivity contribution in [3.8, 4) is 0 Å². The van der Waals surface area contributed by atoms with Gasteiger partial charge in [-0.1, -0.05) is 6.07 Å². The van der Waals surface area contributed by atoms with Crippen LogP contribution in [-0.2, 0) is 11.2 Å². The lowest BCUT2D eigenvalue weighted by molar-refractivity contribution is -0.136. The predicted molar refractivity (Wildman–Crippen MR) is 55.9 cm³/mol. The number of hydrogen-bond acceptors (Lipinski definition) is 2.